The van der Waals surface area contributed by atoms with Crippen LogP contribution < -0.4 is 0 Å². The number of carbonyl (C=O) groups excluding carboxylic acids is 2. The number of phenolic OH excluding ortho intramolecular Hbond substituents is 1. The minimum absolute atomic E-state index is 0.0356. The van der Waals surface area contributed by atoms with E-state index in [-0.39, 0.29) is 36.9 Å². The average molecular weight is 464 g/mol. The molecule has 0 bridgehead atoms. The van der Waals surface area contributed by atoms with Gasteiger partial charge in [0.05, 0.1) is 12.7 Å². The molecule has 0 amide bonds. The second kappa shape index (κ2) is 11.5. The second-order valence-corrected chi connectivity index (χ2v) is 7.99. The van der Waals surface area contributed by atoms with Gasteiger partial charge in [-0.15, -0.1) is 0 Å². The monoisotopic (exact) mass is 464 g/mol. The van der Waals surface area contributed by atoms with Gasteiger partial charge < -0.3 is 39.7 Å². The van der Waals surface area contributed by atoms with Crippen LogP contribution in [-0.2, 0) is 23.8 Å². The van der Waals surface area contributed by atoms with E-state index in [1.807, 2.05) is 0 Å². The fraction of sp³-hybridized carbons (Fsp3) is 0.478. The van der Waals surface area contributed by atoms with Gasteiger partial charge in [-0.3, -0.25) is 4.79 Å². The fourth-order valence-corrected chi connectivity index (χ4v) is 3.54. The van der Waals surface area contributed by atoms with E-state index < -0.39 is 49.4 Å². The topological polar surface area (TPSA) is 163 Å². The Hall–Kier alpha value is -2.60. The van der Waals surface area contributed by atoms with Gasteiger partial charge >= 0.3 is 5.97 Å². The summed E-state index contributed by atoms with van der Waals surface area (Å²) < 4.78 is 16.0. The number of aliphatic hydroxyl groups excluding tert-OH is 4. The first-order valence-electron chi connectivity index (χ1n) is 10.6. The van der Waals surface area contributed by atoms with Crippen LogP contribution >= 0.6 is 0 Å². The zero-order valence-corrected chi connectivity index (χ0v) is 17.8. The van der Waals surface area contributed by atoms with Crippen molar-refractivity contribution in [1.29, 1.82) is 0 Å². The summed E-state index contributed by atoms with van der Waals surface area (Å²) in [6, 6.07) is 6.13. The third-order valence-electron chi connectivity index (χ3n) is 5.52. The van der Waals surface area contributed by atoms with Gasteiger partial charge in [0, 0.05) is 18.4 Å². The number of aromatic hydroxyl groups is 1. The van der Waals surface area contributed by atoms with Crippen LogP contribution in [0.1, 0.15) is 18.4 Å². The molecule has 1 heterocycles. The molecule has 1 aromatic carbocycles. The van der Waals surface area contributed by atoms with Gasteiger partial charge in [0.1, 0.15) is 36.8 Å². The van der Waals surface area contributed by atoms with Crippen LogP contribution in [0.15, 0.2) is 42.5 Å². The Balaban J connectivity index is 1.46. The van der Waals surface area contributed by atoms with Crippen molar-refractivity contribution in [2.45, 2.75) is 49.7 Å². The maximum absolute atomic E-state index is 12.0. The fourth-order valence-electron chi connectivity index (χ4n) is 3.54. The lowest BCUT2D eigenvalue weighted by Gasteiger charge is -2.40. The van der Waals surface area contributed by atoms with Crippen molar-refractivity contribution in [1.82, 2.24) is 0 Å². The van der Waals surface area contributed by atoms with E-state index >= 15 is 0 Å². The zero-order chi connectivity index (χ0) is 24.0. The molecule has 33 heavy (non-hydrogen) atoms. The highest BCUT2D eigenvalue weighted by Gasteiger charge is 2.44. The van der Waals surface area contributed by atoms with Crippen molar-refractivity contribution >= 4 is 17.8 Å². The molecule has 2 aliphatic rings. The van der Waals surface area contributed by atoms with E-state index in [1.54, 1.807) is 18.2 Å². The molecule has 180 valence electrons. The van der Waals surface area contributed by atoms with Gasteiger partial charge in [-0.1, -0.05) is 18.2 Å². The van der Waals surface area contributed by atoms with Crippen molar-refractivity contribution in [3.63, 3.8) is 0 Å². The molecule has 0 unspecified atom stereocenters. The smallest absolute Gasteiger partial charge is 0.330 e. The maximum Gasteiger partial charge on any atom is 0.330 e. The molecule has 0 saturated carbocycles. The van der Waals surface area contributed by atoms with Crippen LogP contribution in [0.2, 0.25) is 0 Å². The third kappa shape index (κ3) is 6.94. The number of rotatable bonds is 9. The SMILES string of the molecule is O=C1C=C[C@@H]([C@@H](O)CCO[C@@H]2O[C@H](COC(=O)/C=C/c3ccc(O)cc3)[C@@H](O)[C@H](O)[C@H]2O)C1. The molecule has 10 heteroatoms. The normalized spacial score (nSPS) is 30.6. The number of benzene rings is 1. The molecule has 1 saturated heterocycles. The van der Waals surface area contributed by atoms with Crippen LogP contribution in [0.4, 0.5) is 0 Å². The average Bonchev–Trinajstić information content (AvgIpc) is 3.24. The largest absolute Gasteiger partial charge is 0.508 e. The molecule has 0 radical (unpaired) electrons. The molecule has 7 atom stereocenters. The minimum atomic E-state index is -1.60. The summed E-state index contributed by atoms with van der Waals surface area (Å²) in [6.45, 7) is -0.437. The van der Waals surface area contributed by atoms with Gasteiger partial charge in [0.2, 0.25) is 0 Å². The quantitative estimate of drug-likeness (QED) is 0.241. The molecule has 1 fully saturated rings. The zero-order valence-electron chi connectivity index (χ0n) is 17.8. The Bertz CT molecular complexity index is 864. The Morgan fingerprint density at radius 3 is 2.55 bits per heavy atom. The first kappa shape index (κ1) is 25.0. The summed E-state index contributed by atoms with van der Waals surface area (Å²) in [5.74, 6) is -0.985. The van der Waals surface area contributed by atoms with Crippen LogP contribution in [0, 0.1) is 5.92 Å². The van der Waals surface area contributed by atoms with Crippen LogP contribution in [0.3, 0.4) is 0 Å². The number of ether oxygens (including phenoxy) is 3. The molecular formula is C23H28O10. The summed E-state index contributed by atoms with van der Waals surface area (Å²) in [7, 11) is 0. The minimum Gasteiger partial charge on any atom is -0.508 e. The van der Waals surface area contributed by atoms with E-state index in [0.29, 0.717) is 5.56 Å². The summed E-state index contributed by atoms with van der Waals surface area (Å²) >= 11 is 0. The Labute approximate surface area is 190 Å². The number of esters is 1. The molecule has 1 aliphatic carbocycles. The number of aliphatic hydroxyl groups is 4. The second-order valence-electron chi connectivity index (χ2n) is 7.99. The number of allylic oxidation sites excluding steroid dienone is 1. The highest BCUT2D eigenvalue weighted by molar-refractivity contribution is 5.92. The Morgan fingerprint density at radius 2 is 1.88 bits per heavy atom. The van der Waals surface area contributed by atoms with E-state index in [0.717, 1.165) is 6.08 Å². The third-order valence-corrected chi connectivity index (χ3v) is 5.52. The van der Waals surface area contributed by atoms with Gasteiger partial charge in [0.25, 0.3) is 0 Å². The number of phenols is 1. The predicted molar refractivity (Wildman–Crippen MR) is 114 cm³/mol. The molecule has 3 rings (SSSR count). The number of ketones is 1. The van der Waals surface area contributed by atoms with Crippen molar-refractivity contribution < 1.29 is 49.3 Å². The van der Waals surface area contributed by atoms with E-state index in [2.05, 4.69) is 0 Å². The lowest BCUT2D eigenvalue weighted by Crippen LogP contribution is -2.59. The molecule has 1 aromatic rings. The first-order chi connectivity index (χ1) is 15.7. The lowest BCUT2D eigenvalue weighted by molar-refractivity contribution is -0.302. The van der Waals surface area contributed by atoms with Crippen molar-refractivity contribution in [3.05, 3.63) is 48.1 Å². The van der Waals surface area contributed by atoms with Crippen molar-refractivity contribution in [2.24, 2.45) is 5.92 Å². The molecular weight excluding hydrogens is 436 g/mol. The van der Waals surface area contributed by atoms with Crippen molar-refractivity contribution in [2.75, 3.05) is 13.2 Å². The molecule has 0 aromatic heterocycles. The van der Waals surface area contributed by atoms with Gasteiger partial charge in [-0.25, -0.2) is 4.79 Å². The number of hydrogen-bond acceptors (Lipinski definition) is 10. The standard InChI is InChI=1S/C23H28O10/c24-15-5-1-13(2-6-15)3-8-19(27)32-12-18-20(28)21(29)22(30)23(33-18)31-10-9-17(26)14-4-7-16(25)11-14/h1-8,14,17-18,20-24,26,28-30H,9-12H2/b8-3+/t14-,17+,18-,20-,21+,22-,23-/m1/s1. The number of hydrogen-bond donors (Lipinski definition) is 5. The van der Waals surface area contributed by atoms with Crippen molar-refractivity contribution in [3.8, 4) is 5.75 Å². The van der Waals surface area contributed by atoms with E-state index in [9.17, 15) is 35.1 Å². The highest BCUT2D eigenvalue weighted by atomic mass is 16.7. The van der Waals surface area contributed by atoms with Crippen LogP contribution in [0.5, 0.6) is 5.75 Å². The van der Waals surface area contributed by atoms with Gasteiger partial charge in [-0.05, 0) is 36.3 Å². The summed E-state index contributed by atoms with van der Waals surface area (Å²) in [5, 5.41) is 49.8. The summed E-state index contributed by atoms with van der Waals surface area (Å²) in [4.78, 5) is 23.2. The Kier molecular flexibility index (Phi) is 8.73. The predicted octanol–water partition coefficient (Wildman–Crippen LogP) is -0.331. The summed E-state index contributed by atoms with van der Waals surface area (Å²) in [6.07, 6.45) is -1.87. The Morgan fingerprint density at radius 1 is 1.15 bits per heavy atom. The van der Waals surface area contributed by atoms with Crippen LogP contribution in [0.25, 0.3) is 6.08 Å². The van der Waals surface area contributed by atoms with E-state index in [4.69, 9.17) is 14.2 Å². The van der Waals surface area contributed by atoms with Gasteiger partial charge in [0.15, 0.2) is 12.1 Å². The van der Waals surface area contributed by atoms with E-state index in [1.165, 1.54) is 24.3 Å². The van der Waals surface area contributed by atoms with Crippen LogP contribution in [-0.4, -0.2) is 87.3 Å². The highest BCUT2D eigenvalue weighted by Crippen LogP contribution is 2.24. The van der Waals surface area contributed by atoms with Gasteiger partial charge in [-0.2, -0.15) is 0 Å². The lowest BCUT2D eigenvalue weighted by atomic mass is 9.98. The number of carbonyl (C=O) groups is 2. The molecule has 0 spiro atoms. The maximum atomic E-state index is 12.0. The molecule has 10 nitrogen and oxygen atoms in total. The summed E-state index contributed by atoms with van der Waals surface area (Å²) in [5.41, 5.74) is 0.658. The molecule has 1 aliphatic heterocycles. The first-order valence-corrected chi connectivity index (χ1v) is 10.6. The molecule has 5 N–H and O–H groups in total.